The minimum absolute atomic E-state index is 0.00180. The number of amides is 2. The van der Waals surface area contributed by atoms with Crippen molar-refractivity contribution in [3.05, 3.63) is 65.7 Å². The lowest BCUT2D eigenvalue weighted by Crippen LogP contribution is -2.37. The first-order valence-electron chi connectivity index (χ1n) is 9.40. The van der Waals surface area contributed by atoms with E-state index in [1.165, 1.54) is 4.90 Å². The van der Waals surface area contributed by atoms with Crippen LogP contribution >= 0.6 is 0 Å². The SMILES string of the molecule is CC1CC1C(=O)Nc1ccc(C(=O)N(CCc2ccccc2)CC(=O)O)cc1. The number of aliphatic carboxylic acids is 1. The smallest absolute Gasteiger partial charge is 0.323 e. The van der Waals surface area contributed by atoms with Crippen molar-refractivity contribution in [1.29, 1.82) is 0 Å². The summed E-state index contributed by atoms with van der Waals surface area (Å²) in [6.45, 7) is 2.00. The van der Waals surface area contributed by atoms with Crippen molar-refractivity contribution in [2.75, 3.05) is 18.4 Å². The van der Waals surface area contributed by atoms with Gasteiger partial charge in [-0.1, -0.05) is 37.3 Å². The highest BCUT2D eigenvalue weighted by atomic mass is 16.4. The minimum atomic E-state index is -1.05. The largest absolute Gasteiger partial charge is 0.480 e. The molecule has 3 rings (SSSR count). The number of hydrogen-bond donors (Lipinski definition) is 2. The molecule has 6 heteroatoms. The molecule has 2 aromatic carbocycles. The van der Waals surface area contributed by atoms with Crippen molar-refractivity contribution in [3.63, 3.8) is 0 Å². The summed E-state index contributed by atoms with van der Waals surface area (Å²) in [5, 5.41) is 12.0. The molecule has 1 saturated carbocycles. The third-order valence-electron chi connectivity index (χ3n) is 4.97. The van der Waals surface area contributed by atoms with E-state index in [9.17, 15) is 14.4 Å². The Bertz CT molecular complexity index is 849. The molecule has 2 N–H and O–H groups in total. The Hall–Kier alpha value is -3.15. The van der Waals surface area contributed by atoms with Crippen LogP contribution in [0.25, 0.3) is 0 Å². The third kappa shape index (κ3) is 5.19. The molecule has 0 spiro atoms. The quantitative estimate of drug-likeness (QED) is 0.737. The molecular formula is C22H24N2O4. The van der Waals surface area contributed by atoms with Gasteiger partial charge in [0.05, 0.1) is 0 Å². The van der Waals surface area contributed by atoms with Gasteiger partial charge in [-0.15, -0.1) is 0 Å². The molecular weight excluding hydrogens is 356 g/mol. The van der Waals surface area contributed by atoms with Crippen LogP contribution in [0.4, 0.5) is 5.69 Å². The summed E-state index contributed by atoms with van der Waals surface area (Å²) in [5.74, 6) is -0.891. The molecule has 6 nitrogen and oxygen atoms in total. The second kappa shape index (κ2) is 8.69. The maximum absolute atomic E-state index is 12.8. The maximum Gasteiger partial charge on any atom is 0.323 e. The van der Waals surface area contributed by atoms with E-state index in [0.29, 0.717) is 30.1 Å². The van der Waals surface area contributed by atoms with Gasteiger partial charge >= 0.3 is 5.97 Å². The predicted molar refractivity (Wildman–Crippen MR) is 106 cm³/mol. The van der Waals surface area contributed by atoms with Gasteiger partial charge in [-0.25, -0.2) is 0 Å². The van der Waals surface area contributed by atoms with E-state index in [1.807, 2.05) is 37.3 Å². The summed E-state index contributed by atoms with van der Waals surface area (Å²) in [6.07, 6.45) is 1.49. The highest BCUT2D eigenvalue weighted by Gasteiger charge is 2.39. The lowest BCUT2D eigenvalue weighted by molar-refractivity contribution is -0.137. The second-order valence-electron chi connectivity index (χ2n) is 7.24. The van der Waals surface area contributed by atoms with Crippen molar-refractivity contribution < 1.29 is 19.5 Å². The van der Waals surface area contributed by atoms with Crippen LogP contribution in [-0.4, -0.2) is 40.9 Å². The Kier molecular flexibility index (Phi) is 6.09. The van der Waals surface area contributed by atoms with Gasteiger partial charge in [0.15, 0.2) is 0 Å². The van der Waals surface area contributed by atoms with Gasteiger partial charge in [0, 0.05) is 23.7 Å². The molecule has 2 unspecified atom stereocenters. The predicted octanol–water partition coefficient (Wildman–Crippen LogP) is 3.05. The molecule has 28 heavy (non-hydrogen) atoms. The van der Waals surface area contributed by atoms with Gasteiger partial charge in [0.25, 0.3) is 5.91 Å². The average molecular weight is 380 g/mol. The fraction of sp³-hybridized carbons (Fsp3) is 0.318. The van der Waals surface area contributed by atoms with E-state index in [1.54, 1.807) is 24.3 Å². The Morgan fingerprint density at radius 3 is 2.29 bits per heavy atom. The first kappa shape index (κ1) is 19.6. The summed E-state index contributed by atoms with van der Waals surface area (Å²) in [5.41, 5.74) is 2.07. The van der Waals surface area contributed by atoms with Gasteiger partial charge in [0.2, 0.25) is 5.91 Å². The van der Waals surface area contributed by atoms with Crippen LogP contribution in [-0.2, 0) is 16.0 Å². The van der Waals surface area contributed by atoms with Gasteiger partial charge < -0.3 is 15.3 Å². The number of carbonyl (C=O) groups excluding carboxylic acids is 2. The molecule has 0 radical (unpaired) electrons. The molecule has 2 aromatic rings. The zero-order chi connectivity index (χ0) is 20.1. The van der Waals surface area contributed by atoms with Crippen LogP contribution in [0.2, 0.25) is 0 Å². The number of hydrogen-bond acceptors (Lipinski definition) is 3. The maximum atomic E-state index is 12.8. The van der Waals surface area contributed by atoms with Gasteiger partial charge in [-0.05, 0) is 48.6 Å². The van der Waals surface area contributed by atoms with Crippen LogP contribution in [0.15, 0.2) is 54.6 Å². The zero-order valence-corrected chi connectivity index (χ0v) is 15.8. The topological polar surface area (TPSA) is 86.7 Å². The molecule has 1 aliphatic carbocycles. The lowest BCUT2D eigenvalue weighted by atomic mass is 10.1. The zero-order valence-electron chi connectivity index (χ0n) is 15.8. The van der Waals surface area contributed by atoms with Crippen LogP contribution in [0.3, 0.4) is 0 Å². The number of carbonyl (C=O) groups is 3. The summed E-state index contributed by atoms with van der Waals surface area (Å²) < 4.78 is 0. The molecule has 0 saturated heterocycles. The van der Waals surface area contributed by atoms with Gasteiger partial charge in [0.1, 0.15) is 6.54 Å². The van der Waals surface area contributed by atoms with E-state index in [4.69, 9.17) is 5.11 Å². The number of nitrogens with one attached hydrogen (secondary N) is 1. The van der Waals surface area contributed by atoms with Crippen molar-refractivity contribution >= 4 is 23.5 Å². The van der Waals surface area contributed by atoms with E-state index in [0.717, 1.165) is 12.0 Å². The molecule has 0 heterocycles. The number of anilines is 1. The highest BCUT2D eigenvalue weighted by molar-refractivity contribution is 5.97. The first-order chi connectivity index (χ1) is 13.4. The first-order valence-corrected chi connectivity index (χ1v) is 9.40. The molecule has 2 amide bonds. The standard InChI is InChI=1S/C22H24N2O4/c1-15-13-19(15)21(27)23-18-9-7-17(8-10-18)22(28)24(14-20(25)26)12-11-16-5-3-2-4-6-16/h2-10,15,19H,11-14H2,1H3,(H,23,27)(H,25,26). The molecule has 2 atom stereocenters. The normalized spacial score (nSPS) is 17.6. The number of rotatable bonds is 8. The number of carboxylic acid groups (broad SMARTS) is 1. The fourth-order valence-electron chi connectivity index (χ4n) is 3.13. The molecule has 0 aliphatic heterocycles. The van der Waals surface area contributed by atoms with Crippen LogP contribution in [0, 0.1) is 11.8 Å². The van der Waals surface area contributed by atoms with E-state index >= 15 is 0 Å². The Morgan fingerprint density at radius 1 is 1.07 bits per heavy atom. The third-order valence-corrected chi connectivity index (χ3v) is 4.97. The Morgan fingerprint density at radius 2 is 1.71 bits per heavy atom. The summed E-state index contributed by atoms with van der Waals surface area (Å²) in [4.78, 5) is 37.3. The molecule has 0 aromatic heterocycles. The monoisotopic (exact) mass is 380 g/mol. The molecule has 1 aliphatic rings. The van der Waals surface area contributed by atoms with Crippen molar-refractivity contribution in [2.24, 2.45) is 11.8 Å². The fourth-order valence-corrected chi connectivity index (χ4v) is 3.13. The highest BCUT2D eigenvalue weighted by Crippen LogP contribution is 2.38. The van der Waals surface area contributed by atoms with Crippen molar-refractivity contribution in [2.45, 2.75) is 19.8 Å². The number of benzene rings is 2. The van der Waals surface area contributed by atoms with E-state index in [2.05, 4.69) is 5.32 Å². The summed E-state index contributed by atoms with van der Waals surface area (Å²) >= 11 is 0. The second-order valence-corrected chi connectivity index (χ2v) is 7.24. The van der Waals surface area contributed by atoms with E-state index < -0.39 is 5.97 Å². The Labute approximate surface area is 164 Å². The van der Waals surface area contributed by atoms with E-state index in [-0.39, 0.29) is 24.3 Å². The average Bonchev–Trinajstić information content (AvgIpc) is 3.42. The lowest BCUT2D eigenvalue weighted by Gasteiger charge is -2.21. The minimum Gasteiger partial charge on any atom is -0.480 e. The van der Waals surface area contributed by atoms with Crippen LogP contribution in [0.1, 0.15) is 29.3 Å². The molecule has 0 bridgehead atoms. The summed E-state index contributed by atoms with van der Waals surface area (Å²) in [7, 11) is 0. The van der Waals surface area contributed by atoms with Crippen molar-refractivity contribution in [3.8, 4) is 0 Å². The van der Waals surface area contributed by atoms with Crippen LogP contribution in [0.5, 0.6) is 0 Å². The van der Waals surface area contributed by atoms with Gasteiger partial charge in [-0.3, -0.25) is 14.4 Å². The number of carboxylic acids is 1. The van der Waals surface area contributed by atoms with Crippen LogP contribution < -0.4 is 5.32 Å². The van der Waals surface area contributed by atoms with Gasteiger partial charge in [-0.2, -0.15) is 0 Å². The molecule has 146 valence electrons. The number of nitrogens with zero attached hydrogens (tertiary/aromatic N) is 1. The summed E-state index contributed by atoms with van der Waals surface area (Å²) in [6, 6.07) is 16.2. The Balaban J connectivity index is 1.64. The molecule has 1 fully saturated rings. The van der Waals surface area contributed by atoms with Crippen molar-refractivity contribution in [1.82, 2.24) is 4.90 Å².